The van der Waals surface area contributed by atoms with Gasteiger partial charge in [0.15, 0.2) is 0 Å². The van der Waals surface area contributed by atoms with Gasteiger partial charge in [0.2, 0.25) is 15.0 Å². The Labute approximate surface area is 88.1 Å². The van der Waals surface area contributed by atoms with Crippen LogP contribution in [0.1, 0.15) is 17.5 Å². The highest BCUT2D eigenvalue weighted by molar-refractivity contribution is 7.89. The maximum absolute atomic E-state index is 11.4. The predicted octanol–water partition coefficient (Wildman–Crippen LogP) is 0.537. The van der Waals surface area contributed by atoms with E-state index in [-0.39, 0.29) is 6.42 Å². The average molecular weight is 225 g/mol. The molecule has 3 N–H and O–H groups in total. The van der Waals surface area contributed by atoms with E-state index in [0.29, 0.717) is 11.1 Å². The molecule has 4 nitrogen and oxygen atoms in total. The van der Waals surface area contributed by atoms with E-state index in [4.69, 9.17) is 5.14 Å². The Morgan fingerprint density at radius 2 is 2.00 bits per heavy atom. The summed E-state index contributed by atoms with van der Waals surface area (Å²) in [6.45, 7) is 0. The molecule has 15 heavy (non-hydrogen) atoms. The molecule has 0 aliphatic heterocycles. The van der Waals surface area contributed by atoms with Crippen LogP contribution in [0, 0.1) is 0 Å². The number of hydrogen-bond acceptors (Lipinski definition) is 3. The molecule has 80 valence electrons. The lowest BCUT2D eigenvalue weighted by molar-refractivity contribution is 0.126. The van der Waals surface area contributed by atoms with Crippen molar-refractivity contribution in [3.63, 3.8) is 0 Å². The molecule has 2 rings (SSSR count). The van der Waals surface area contributed by atoms with Crippen molar-refractivity contribution in [2.24, 2.45) is 5.14 Å². The minimum absolute atomic E-state index is 0.0111. The van der Waals surface area contributed by atoms with Gasteiger partial charge in [-0.2, -0.15) is 0 Å². The summed E-state index contributed by atoms with van der Waals surface area (Å²) in [5, 5.41) is 15.1. The van der Waals surface area contributed by atoms with E-state index in [1.807, 2.05) is 0 Å². The molecule has 0 spiro atoms. The van der Waals surface area contributed by atoms with Crippen LogP contribution in [0.2, 0.25) is 0 Å². The molecule has 0 saturated heterocycles. The maximum atomic E-state index is 11.4. The summed E-state index contributed by atoms with van der Waals surface area (Å²) in [5.74, 6) is 0. The number of fused-ring (bicyclic) bond motifs is 1. The SMILES string of the molecule is NS(=O)(=O)C1(O)CC=Cc2ccccc21. The van der Waals surface area contributed by atoms with E-state index in [1.165, 1.54) is 0 Å². The highest BCUT2D eigenvalue weighted by Gasteiger charge is 2.42. The van der Waals surface area contributed by atoms with Crippen LogP contribution in [0.25, 0.3) is 6.08 Å². The molecule has 0 radical (unpaired) electrons. The van der Waals surface area contributed by atoms with Crippen molar-refractivity contribution in [3.8, 4) is 0 Å². The van der Waals surface area contributed by atoms with Gasteiger partial charge in [0.05, 0.1) is 0 Å². The number of primary sulfonamides is 1. The molecule has 0 saturated carbocycles. The molecule has 0 amide bonds. The lowest BCUT2D eigenvalue weighted by atomic mass is 9.94. The molecule has 1 aliphatic carbocycles. The lowest BCUT2D eigenvalue weighted by Gasteiger charge is -2.29. The third-order valence-corrected chi connectivity index (χ3v) is 3.87. The summed E-state index contributed by atoms with van der Waals surface area (Å²) in [6.07, 6.45) is 3.37. The van der Waals surface area contributed by atoms with Gasteiger partial charge in [-0.15, -0.1) is 0 Å². The molecule has 0 aromatic heterocycles. The van der Waals surface area contributed by atoms with Crippen molar-refractivity contribution in [2.75, 3.05) is 0 Å². The predicted molar refractivity (Wildman–Crippen MR) is 57.1 cm³/mol. The third kappa shape index (κ3) is 1.49. The van der Waals surface area contributed by atoms with Gasteiger partial charge in [-0.1, -0.05) is 36.4 Å². The topological polar surface area (TPSA) is 80.4 Å². The average Bonchev–Trinajstić information content (AvgIpc) is 2.17. The first-order valence-electron chi connectivity index (χ1n) is 4.46. The van der Waals surface area contributed by atoms with Crippen LogP contribution in [0.5, 0.6) is 0 Å². The summed E-state index contributed by atoms with van der Waals surface area (Å²) in [4.78, 5) is -1.99. The van der Waals surface area contributed by atoms with Crippen molar-refractivity contribution in [3.05, 3.63) is 41.5 Å². The summed E-state index contributed by atoms with van der Waals surface area (Å²) in [5.41, 5.74) is 1.02. The maximum Gasteiger partial charge on any atom is 0.243 e. The smallest absolute Gasteiger partial charge is 0.243 e. The van der Waals surface area contributed by atoms with Gasteiger partial charge in [0.25, 0.3) is 0 Å². The molecular weight excluding hydrogens is 214 g/mol. The number of hydrogen-bond donors (Lipinski definition) is 2. The zero-order valence-electron chi connectivity index (χ0n) is 7.92. The highest BCUT2D eigenvalue weighted by atomic mass is 32.2. The Hall–Kier alpha value is -1.17. The van der Waals surface area contributed by atoms with Crippen molar-refractivity contribution < 1.29 is 13.5 Å². The first kappa shape index (κ1) is 10.4. The molecule has 5 heteroatoms. The molecule has 1 aliphatic rings. The minimum atomic E-state index is -4.03. The normalized spacial score (nSPS) is 24.9. The Balaban J connectivity index is 2.71. The molecular formula is C10H11NO3S. The highest BCUT2D eigenvalue weighted by Crippen LogP contribution is 2.36. The van der Waals surface area contributed by atoms with Crippen LogP contribution in [0.3, 0.4) is 0 Å². The Morgan fingerprint density at radius 3 is 2.67 bits per heavy atom. The molecule has 0 fully saturated rings. The summed E-state index contributed by atoms with van der Waals surface area (Å²) < 4.78 is 22.7. The molecule has 1 unspecified atom stereocenters. The second-order valence-corrected chi connectivity index (χ2v) is 5.29. The van der Waals surface area contributed by atoms with Gasteiger partial charge in [0.1, 0.15) is 0 Å². The lowest BCUT2D eigenvalue weighted by Crippen LogP contribution is -2.41. The van der Waals surface area contributed by atoms with Crippen LogP contribution in [0.15, 0.2) is 30.3 Å². The number of nitrogens with two attached hydrogens (primary N) is 1. The summed E-state index contributed by atoms with van der Waals surface area (Å²) >= 11 is 0. The quantitative estimate of drug-likeness (QED) is 0.732. The van der Waals surface area contributed by atoms with Crippen molar-refractivity contribution >= 4 is 16.1 Å². The van der Waals surface area contributed by atoms with E-state index >= 15 is 0 Å². The minimum Gasteiger partial charge on any atom is -0.369 e. The van der Waals surface area contributed by atoms with Crippen LogP contribution in [-0.2, 0) is 15.0 Å². The first-order chi connectivity index (χ1) is 6.95. The summed E-state index contributed by atoms with van der Waals surface area (Å²) in [6, 6.07) is 6.76. The van der Waals surface area contributed by atoms with Gasteiger partial charge in [0, 0.05) is 12.0 Å². The fraction of sp³-hybridized carbons (Fsp3) is 0.200. The largest absolute Gasteiger partial charge is 0.369 e. The number of sulfonamides is 1. The third-order valence-electron chi connectivity index (χ3n) is 2.54. The fourth-order valence-corrected chi connectivity index (χ4v) is 2.54. The van der Waals surface area contributed by atoms with Crippen LogP contribution < -0.4 is 5.14 Å². The monoisotopic (exact) mass is 225 g/mol. The number of aliphatic hydroxyl groups is 1. The Bertz CT molecular complexity index is 521. The first-order valence-corrected chi connectivity index (χ1v) is 6.00. The van der Waals surface area contributed by atoms with Crippen molar-refractivity contribution in [1.29, 1.82) is 0 Å². The zero-order chi connectivity index (χ0) is 11.1. The van der Waals surface area contributed by atoms with Crippen LogP contribution >= 0.6 is 0 Å². The summed E-state index contributed by atoms with van der Waals surface area (Å²) in [7, 11) is -4.03. The van der Waals surface area contributed by atoms with E-state index in [0.717, 1.165) is 0 Å². The zero-order valence-corrected chi connectivity index (χ0v) is 8.74. The van der Waals surface area contributed by atoms with E-state index in [9.17, 15) is 13.5 Å². The van der Waals surface area contributed by atoms with Gasteiger partial charge >= 0.3 is 0 Å². The molecule has 0 heterocycles. The van der Waals surface area contributed by atoms with Gasteiger partial charge in [-0.3, -0.25) is 0 Å². The van der Waals surface area contributed by atoms with Gasteiger partial charge < -0.3 is 5.11 Å². The Morgan fingerprint density at radius 1 is 1.33 bits per heavy atom. The van der Waals surface area contributed by atoms with Crippen molar-refractivity contribution in [2.45, 2.75) is 11.4 Å². The van der Waals surface area contributed by atoms with Crippen molar-refractivity contribution in [1.82, 2.24) is 0 Å². The fourth-order valence-electron chi connectivity index (χ4n) is 1.72. The van der Waals surface area contributed by atoms with Crippen LogP contribution in [0.4, 0.5) is 0 Å². The molecule has 1 aromatic carbocycles. The molecule has 0 bridgehead atoms. The van der Waals surface area contributed by atoms with E-state index < -0.39 is 15.0 Å². The molecule has 1 aromatic rings. The van der Waals surface area contributed by atoms with Crippen LogP contribution in [-0.4, -0.2) is 13.5 Å². The Kier molecular flexibility index (Phi) is 2.18. The standard InChI is InChI=1S/C10H11NO3S/c11-15(13,14)10(12)7-3-5-8-4-1-2-6-9(8)10/h1-6,12H,7H2,(H2,11,13,14). The molecule has 1 atom stereocenters. The second-order valence-electron chi connectivity index (χ2n) is 3.52. The van der Waals surface area contributed by atoms with Gasteiger partial charge in [-0.05, 0) is 5.56 Å². The number of rotatable bonds is 1. The number of benzene rings is 1. The van der Waals surface area contributed by atoms with Gasteiger partial charge in [-0.25, -0.2) is 13.6 Å². The second kappa shape index (κ2) is 3.16. The van der Waals surface area contributed by atoms with E-state index in [1.54, 1.807) is 36.4 Å². The van der Waals surface area contributed by atoms with E-state index in [2.05, 4.69) is 0 Å².